The first-order valence-corrected chi connectivity index (χ1v) is 11.5. The van der Waals surface area contributed by atoms with E-state index >= 15 is 0 Å². The lowest BCUT2D eigenvalue weighted by atomic mass is 10.0. The van der Waals surface area contributed by atoms with Crippen molar-refractivity contribution in [2.75, 3.05) is 44.2 Å². The molecule has 0 amide bonds. The summed E-state index contributed by atoms with van der Waals surface area (Å²) in [5.41, 5.74) is 4.96. The van der Waals surface area contributed by atoms with Gasteiger partial charge in [0.15, 0.2) is 0 Å². The monoisotopic (exact) mass is 420 g/mol. The molecule has 0 atom stereocenters. The van der Waals surface area contributed by atoms with Gasteiger partial charge in [0.2, 0.25) is 5.88 Å². The third kappa shape index (κ3) is 5.31. The topological polar surface area (TPSA) is 78.2 Å². The summed E-state index contributed by atoms with van der Waals surface area (Å²) in [5.74, 6) is 1.52. The molecule has 1 saturated heterocycles. The standard InChI is InChI=1S/C24H32N6O/c1-18-15-19(2)27-24(20(18)16-25)30-12-10-29(11-13-30)9-5-6-14-31-23-17-26-21-7-3-4-8-22(21)28-23/h15,17H,3-14H2,1-2H3. The number of ether oxygens (including phenoxy) is 1. The van der Waals surface area contributed by atoms with Crippen molar-refractivity contribution in [3.63, 3.8) is 0 Å². The Hall–Kier alpha value is -2.72. The van der Waals surface area contributed by atoms with Gasteiger partial charge in [-0.2, -0.15) is 5.26 Å². The van der Waals surface area contributed by atoms with E-state index in [0.29, 0.717) is 18.1 Å². The molecule has 2 aliphatic rings. The quantitative estimate of drug-likeness (QED) is 0.636. The molecule has 0 N–H and O–H groups in total. The van der Waals surface area contributed by atoms with Crippen molar-refractivity contribution in [1.82, 2.24) is 19.9 Å². The van der Waals surface area contributed by atoms with Gasteiger partial charge in [0.05, 0.1) is 29.8 Å². The molecule has 7 heteroatoms. The first kappa shape index (κ1) is 21.5. The molecule has 0 aromatic carbocycles. The van der Waals surface area contributed by atoms with E-state index in [1.54, 1.807) is 6.20 Å². The largest absolute Gasteiger partial charge is 0.477 e. The summed E-state index contributed by atoms with van der Waals surface area (Å²) in [7, 11) is 0. The second-order valence-electron chi connectivity index (χ2n) is 8.58. The van der Waals surface area contributed by atoms with Gasteiger partial charge in [-0.3, -0.25) is 9.88 Å². The van der Waals surface area contributed by atoms with E-state index in [2.05, 4.69) is 30.8 Å². The lowest BCUT2D eigenvalue weighted by Gasteiger charge is -2.36. The Kier molecular flexibility index (Phi) is 6.98. The highest BCUT2D eigenvalue weighted by atomic mass is 16.5. The van der Waals surface area contributed by atoms with Gasteiger partial charge in [0, 0.05) is 31.9 Å². The van der Waals surface area contributed by atoms with Crippen molar-refractivity contribution in [3.8, 4) is 11.9 Å². The van der Waals surface area contributed by atoms with Crippen molar-refractivity contribution >= 4 is 5.82 Å². The SMILES string of the molecule is Cc1cc(C)c(C#N)c(N2CCN(CCCCOc3cnc4c(n3)CCCC4)CC2)n1. The Labute approximate surface area is 185 Å². The molecular weight excluding hydrogens is 388 g/mol. The molecule has 0 radical (unpaired) electrons. The zero-order valence-electron chi connectivity index (χ0n) is 18.7. The number of aryl methyl sites for hydroxylation is 4. The van der Waals surface area contributed by atoms with E-state index < -0.39 is 0 Å². The fraction of sp³-hybridized carbons (Fsp3) is 0.583. The summed E-state index contributed by atoms with van der Waals surface area (Å²) in [5, 5.41) is 9.53. The highest BCUT2D eigenvalue weighted by Crippen LogP contribution is 2.23. The van der Waals surface area contributed by atoms with Crippen LogP contribution in [0.15, 0.2) is 12.3 Å². The molecule has 2 aromatic heterocycles. The second-order valence-corrected chi connectivity index (χ2v) is 8.58. The minimum Gasteiger partial charge on any atom is -0.477 e. The Morgan fingerprint density at radius 2 is 1.81 bits per heavy atom. The number of hydrogen-bond donors (Lipinski definition) is 0. The van der Waals surface area contributed by atoms with E-state index in [1.807, 2.05) is 19.9 Å². The number of hydrogen-bond acceptors (Lipinski definition) is 7. The number of pyridine rings is 1. The molecular formula is C24H32N6O. The number of aromatic nitrogens is 3. The Morgan fingerprint density at radius 1 is 1.03 bits per heavy atom. The molecule has 31 heavy (non-hydrogen) atoms. The number of unbranched alkanes of at least 4 members (excludes halogenated alkanes) is 1. The summed E-state index contributed by atoms with van der Waals surface area (Å²) in [6.45, 7) is 9.55. The van der Waals surface area contributed by atoms with Crippen molar-refractivity contribution in [2.45, 2.75) is 52.4 Å². The zero-order chi connectivity index (χ0) is 21.6. The summed E-state index contributed by atoms with van der Waals surface area (Å²) >= 11 is 0. The highest BCUT2D eigenvalue weighted by molar-refractivity contribution is 5.58. The van der Waals surface area contributed by atoms with E-state index in [4.69, 9.17) is 4.74 Å². The molecule has 3 heterocycles. The average molecular weight is 421 g/mol. The number of nitrogens with zero attached hydrogens (tertiary/aromatic N) is 6. The Bertz CT molecular complexity index is 946. The highest BCUT2D eigenvalue weighted by Gasteiger charge is 2.21. The Balaban J connectivity index is 1.18. The van der Waals surface area contributed by atoms with Crippen LogP contribution in [0.2, 0.25) is 0 Å². The third-order valence-electron chi connectivity index (χ3n) is 6.21. The van der Waals surface area contributed by atoms with E-state index in [9.17, 15) is 5.26 Å². The van der Waals surface area contributed by atoms with Gasteiger partial charge in [0.25, 0.3) is 0 Å². The van der Waals surface area contributed by atoms with Crippen LogP contribution in [-0.2, 0) is 12.8 Å². The summed E-state index contributed by atoms with van der Waals surface area (Å²) in [6, 6.07) is 4.32. The van der Waals surface area contributed by atoms with Crippen LogP contribution in [0.25, 0.3) is 0 Å². The molecule has 1 fully saturated rings. The molecule has 0 unspecified atom stereocenters. The van der Waals surface area contributed by atoms with Crippen LogP contribution in [0.3, 0.4) is 0 Å². The molecule has 0 spiro atoms. The summed E-state index contributed by atoms with van der Waals surface area (Å²) < 4.78 is 5.85. The molecule has 0 bridgehead atoms. The van der Waals surface area contributed by atoms with Gasteiger partial charge in [0.1, 0.15) is 11.9 Å². The van der Waals surface area contributed by atoms with E-state index in [1.165, 1.54) is 12.8 Å². The normalized spacial score (nSPS) is 16.6. The minimum atomic E-state index is 0.670. The van der Waals surface area contributed by atoms with Gasteiger partial charge in [-0.05, 0) is 70.5 Å². The van der Waals surface area contributed by atoms with Crippen molar-refractivity contribution < 1.29 is 4.74 Å². The van der Waals surface area contributed by atoms with Crippen LogP contribution < -0.4 is 9.64 Å². The van der Waals surface area contributed by atoms with Gasteiger partial charge in [-0.25, -0.2) is 9.97 Å². The second kappa shape index (κ2) is 10.1. The predicted octanol–water partition coefficient (Wildman–Crippen LogP) is 3.22. The number of anilines is 1. The summed E-state index contributed by atoms with van der Waals surface area (Å²) in [4.78, 5) is 18.6. The fourth-order valence-electron chi connectivity index (χ4n) is 4.48. The van der Waals surface area contributed by atoms with Crippen LogP contribution in [0, 0.1) is 25.2 Å². The summed E-state index contributed by atoms with van der Waals surface area (Å²) in [6.07, 6.45) is 8.39. The van der Waals surface area contributed by atoms with Gasteiger partial charge in [-0.1, -0.05) is 0 Å². The van der Waals surface area contributed by atoms with Crippen LogP contribution in [-0.4, -0.2) is 59.2 Å². The minimum absolute atomic E-state index is 0.670. The molecule has 7 nitrogen and oxygen atoms in total. The van der Waals surface area contributed by atoms with Gasteiger partial charge >= 0.3 is 0 Å². The van der Waals surface area contributed by atoms with Crippen LogP contribution in [0.4, 0.5) is 5.82 Å². The van der Waals surface area contributed by atoms with Crippen molar-refractivity contribution in [1.29, 1.82) is 5.26 Å². The zero-order valence-corrected chi connectivity index (χ0v) is 18.7. The predicted molar refractivity (Wildman–Crippen MR) is 120 cm³/mol. The van der Waals surface area contributed by atoms with Crippen molar-refractivity contribution in [2.24, 2.45) is 0 Å². The number of nitriles is 1. The number of piperazine rings is 1. The van der Waals surface area contributed by atoms with E-state index in [-0.39, 0.29) is 0 Å². The fourth-order valence-corrected chi connectivity index (χ4v) is 4.48. The number of fused-ring (bicyclic) bond motifs is 1. The van der Waals surface area contributed by atoms with Gasteiger partial charge in [-0.15, -0.1) is 0 Å². The lowest BCUT2D eigenvalue weighted by Crippen LogP contribution is -2.47. The number of rotatable bonds is 7. The lowest BCUT2D eigenvalue weighted by molar-refractivity contribution is 0.235. The van der Waals surface area contributed by atoms with Gasteiger partial charge < -0.3 is 9.64 Å². The molecule has 1 aliphatic heterocycles. The van der Waals surface area contributed by atoms with Crippen LogP contribution >= 0.6 is 0 Å². The maximum atomic E-state index is 9.53. The maximum Gasteiger partial charge on any atom is 0.232 e. The molecule has 2 aromatic rings. The molecule has 1 aliphatic carbocycles. The average Bonchev–Trinajstić information content (AvgIpc) is 2.79. The molecule has 4 rings (SSSR count). The first-order valence-electron chi connectivity index (χ1n) is 11.5. The maximum absolute atomic E-state index is 9.53. The Morgan fingerprint density at radius 3 is 2.58 bits per heavy atom. The van der Waals surface area contributed by atoms with E-state index in [0.717, 1.165) is 86.9 Å². The molecule has 0 saturated carbocycles. The third-order valence-corrected chi connectivity index (χ3v) is 6.21. The molecule has 164 valence electrons. The smallest absolute Gasteiger partial charge is 0.232 e. The van der Waals surface area contributed by atoms with Crippen LogP contribution in [0.1, 0.15) is 53.9 Å². The van der Waals surface area contributed by atoms with Crippen LogP contribution in [0.5, 0.6) is 5.88 Å². The van der Waals surface area contributed by atoms with Crippen molar-refractivity contribution in [3.05, 3.63) is 40.5 Å². The first-order chi connectivity index (χ1) is 15.1.